The van der Waals surface area contributed by atoms with E-state index >= 15 is 0 Å². The number of thioether (sulfide) groups is 1. The van der Waals surface area contributed by atoms with Gasteiger partial charge in [-0.25, -0.2) is 0 Å². The second kappa shape index (κ2) is 6.35. The molecule has 1 rings (SSSR count). The van der Waals surface area contributed by atoms with Crippen LogP contribution in [0.15, 0.2) is 24.3 Å². The second-order valence-corrected chi connectivity index (χ2v) is 4.09. The molecule has 0 atom stereocenters. The van der Waals surface area contributed by atoms with E-state index in [1.54, 1.807) is 7.11 Å². The summed E-state index contributed by atoms with van der Waals surface area (Å²) in [6.07, 6.45) is 0. The quantitative estimate of drug-likeness (QED) is 0.458. The van der Waals surface area contributed by atoms with E-state index in [1.165, 1.54) is 17.3 Å². The minimum absolute atomic E-state index is 0.874. The van der Waals surface area contributed by atoms with Gasteiger partial charge in [0.25, 0.3) is 0 Å². The Morgan fingerprint density at radius 1 is 1.53 bits per heavy atom. The first-order chi connectivity index (χ1) is 7.27. The molecule has 0 spiro atoms. The Kier molecular flexibility index (Phi) is 5.04. The fourth-order valence-electron chi connectivity index (χ4n) is 1.23. The third-order valence-electron chi connectivity index (χ3n) is 2.12. The average Bonchev–Trinajstić information content (AvgIpc) is 2.29. The lowest BCUT2D eigenvalue weighted by Crippen LogP contribution is -2.20. The lowest BCUT2D eigenvalue weighted by Gasteiger charge is -2.19. The number of nitrogens with one attached hydrogen (secondary N) is 1. The Labute approximate surface area is 94.9 Å². The summed E-state index contributed by atoms with van der Waals surface area (Å²) in [6, 6.07) is 7.98. The molecule has 0 aliphatic rings. The van der Waals surface area contributed by atoms with E-state index < -0.39 is 0 Å². The number of nitrogens with zero attached hydrogens (tertiary/aromatic N) is 1. The number of methoxy groups -OCH3 is 1. The first kappa shape index (κ1) is 11.9. The maximum atomic E-state index is 6.91. The molecule has 0 saturated carbocycles. The van der Waals surface area contributed by atoms with Gasteiger partial charge in [-0.2, -0.15) is 0 Å². The summed E-state index contributed by atoms with van der Waals surface area (Å²) < 4.78 is 5.16. The van der Waals surface area contributed by atoms with Crippen molar-refractivity contribution in [2.75, 3.05) is 31.4 Å². The van der Waals surface area contributed by atoms with Crippen LogP contribution in [0.1, 0.15) is 0 Å². The molecule has 0 aliphatic heterocycles. The molecule has 0 radical (unpaired) electrons. The summed E-state index contributed by atoms with van der Waals surface area (Å²) >= 11 is 1.51. The van der Waals surface area contributed by atoms with Crippen molar-refractivity contribution >= 4 is 23.0 Å². The first-order valence-corrected chi connectivity index (χ1v) is 5.78. The highest BCUT2D eigenvalue weighted by atomic mass is 32.2. The van der Waals surface area contributed by atoms with E-state index in [-0.39, 0.29) is 0 Å². The third-order valence-corrected chi connectivity index (χ3v) is 2.71. The van der Waals surface area contributed by atoms with Crippen molar-refractivity contribution in [2.45, 2.75) is 0 Å². The Balaban J connectivity index is 2.56. The number of rotatable bonds is 6. The molecule has 0 saturated heterocycles. The number of hydrogen-bond donors (Lipinski definition) is 1. The van der Waals surface area contributed by atoms with E-state index in [1.807, 2.05) is 25.2 Å². The molecule has 0 unspecified atom stereocenters. The van der Waals surface area contributed by atoms with Crippen LogP contribution in [-0.4, -0.2) is 32.0 Å². The number of anilines is 1. The lowest BCUT2D eigenvalue weighted by atomic mass is 10.3. The van der Waals surface area contributed by atoms with E-state index in [9.17, 15) is 0 Å². The predicted molar refractivity (Wildman–Crippen MR) is 67.5 cm³/mol. The molecule has 1 aromatic rings. The Morgan fingerprint density at radius 2 is 2.33 bits per heavy atom. The van der Waals surface area contributed by atoms with Crippen LogP contribution in [0, 0.1) is 5.41 Å². The topological polar surface area (TPSA) is 36.3 Å². The van der Waals surface area contributed by atoms with Gasteiger partial charge in [-0.05, 0) is 12.1 Å². The zero-order chi connectivity index (χ0) is 11.1. The zero-order valence-corrected chi connectivity index (χ0v) is 9.88. The smallest absolute Gasteiger partial charge is 0.120 e. The average molecular weight is 224 g/mol. The van der Waals surface area contributed by atoms with Gasteiger partial charge in [0, 0.05) is 31.1 Å². The van der Waals surface area contributed by atoms with Crippen LogP contribution >= 0.6 is 11.8 Å². The number of hydrogen-bond acceptors (Lipinski definition) is 4. The molecule has 0 aliphatic carbocycles. The molecule has 15 heavy (non-hydrogen) atoms. The number of benzene rings is 1. The van der Waals surface area contributed by atoms with Crippen molar-refractivity contribution in [3.8, 4) is 5.75 Å². The molecule has 4 heteroatoms. The Hall–Kier alpha value is -1.16. The summed E-state index contributed by atoms with van der Waals surface area (Å²) in [5.41, 5.74) is 2.51. The molecule has 0 fully saturated rings. The molecule has 0 aromatic heterocycles. The van der Waals surface area contributed by atoms with Gasteiger partial charge < -0.3 is 15.0 Å². The maximum Gasteiger partial charge on any atom is 0.120 e. The molecule has 3 nitrogen and oxygen atoms in total. The van der Waals surface area contributed by atoms with Crippen molar-refractivity contribution in [3.05, 3.63) is 24.3 Å². The summed E-state index contributed by atoms with van der Waals surface area (Å²) in [5, 5.41) is 6.91. The molecule has 0 heterocycles. The van der Waals surface area contributed by atoms with Gasteiger partial charge >= 0.3 is 0 Å². The molecular formula is C11H16N2OS. The van der Waals surface area contributed by atoms with E-state index in [0.717, 1.165) is 23.7 Å². The summed E-state index contributed by atoms with van der Waals surface area (Å²) in [4.78, 5) is 2.15. The zero-order valence-electron chi connectivity index (χ0n) is 9.06. The van der Waals surface area contributed by atoms with Crippen LogP contribution < -0.4 is 9.64 Å². The summed E-state index contributed by atoms with van der Waals surface area (Å²) in [7, 11) is 3.71. The van der Waals surface area contributed by atoms with E-state index in [2.05, 4.69) is 11.0 Å². The van der Waals surface area contributed by atoms with Crippen LogP contribution in [0.5, 0.6) is 5.75 Å². The Bertz CT molecular complexity index is 317. The van der Waals surface area contributed by atoms with Gasteiger partial charge in [0.15, 0.2) is 0 Å². The minimum Gasteiger partial charge on any atom is -0.497 e. The van der Waals surface area contributed by atoms with Crippen molar-refractivity contribution < 1.29 is 4.74 Å². The first-order valence-electron chi connectivity index (χ1n) is 4.73. The molecule has 1 aromatic carbocycles. The normalized spacial score (nSPS) is 9.73. The fourth-order valence-corrected chi connectivity index (χ4v) is 1.72. The van der Waals surface area contributed by atoms with Gasteiger partial charge in [-0.3, -0.25) is 0 Å². The van der Waals surface area contributed by atoms with Gasteiger partial charge in [0.1, 0.15) is 5.75 Å². The highest BCUT2D eigenvalue weighted by molar-refractivity contribution is 8.11. The highest BCUT2D eigenvalue weighted by Gasteiger charge is 2.01. The van der Waals surface area contributed by atoms with Crippen molar-refractivity contribution in [1.29, 1.82) is 5.41 Å². The molecule has 1 N–H and O–H groups in total. The van der Waals surface area contributed by atoms with Crippen molar-refractivity contribution in [2.24, 2.45) is 0 Å². The SMILES string of the molecule is COc1cccc(N(C)CCSC=N)c1. The summed E-state index contributed by atoms with van der Waals surface area (Å²) in [5.74, 6) is 1.80. The molecular weight excluding hydrogens is 208 g/mol. The molecule has 0 bridgehead atoms. The van der Waals surface area contributed by atoms with E-state index in [0.29, 0.717) is 0 Å². The fraction of sp³-hybridized carbons (Fsp3) is 0.364. The van der Waals surface area contributed by atoms with Crippen LogP contribution in [0.3, 0.4) is 0 Å². The highest BCUT2D eigenvalue weighted by Crippen LogP contribution is 2.19. The third kappa shape index (κ3) is 3.83. The van der Waals surface area contributed by atoms with E-state index in [4.69, 9.17) is 10.1 Å². The van der Waals surface area contributed by atoms with Crippen LogP contribution in [0.25, 0.3) is 0 Å². The standard InChI is InChI=1S/C11H16N2OS/c1-13(6-7-15-9-12)10-4-3-5-11(8-10)14-2/h3-5,8-9,12H,6-7H2,1-2H3. The van der Waals surface area contributed by atoms with Gasteiger partial charge in [-0.1, -0.05) is 6.07 Å². The van der Waals surface area contributed by atoms with Crippen molar-refractivity contribution in [1.82, 2.24) is 0 Å². The minimum atomic E-state index is 0.874. The number of ether oxygens (including phenoxy) is 1. The second-order valence-electron chi connectivity index (χ2n) is 3.11. The van der Waals surface area contributed by atoms with Gasteiger partial charge in [0.05, 0.1) is 12.7 Å². The van der Waals surface area contributed by atoms with Gasteiger partial charge in [-0.15, -0.1) is 11.8 Å². The maximum absolute atomic E-state index is 6.91. The van der Waals surface area contributed by atoms with Gasteiger partial charge in [0.2, 0.25) is 0 Å². The molecule has 82 valence electrons. The van der Waals surface area contributed by atoms with Crippen LogP contribution in [-0.2, 0) is 0 Å². The summed E-state index contributed by atoms with van der Waals surface area (Å²) in [6.45, 7) is 0.924. The Morgan fingerprint density at radius 3 is 3.00 bits per heavy atom. The van der Waals surface area contributed by atoms with Crippen LogP contribution in [0.4, 0.5) is 5.69 Å². The molecule has 0 amide bonds. The largest absolute Gasteiger partial charge is 0.497 e. The van der Waals surface area contributed by atoms with Crippen molar-refractivity contribution in [3.63, 3.8) is 0 Å². The van der Waals surface area contributed by atoms with Crippen LogP contribution in [0.2, 0.25) is 0 Å². The monoisotopic (exact) mass is 224 g/mol. The lowest BCUT2D eigenvalue weighted by molar-refractivity contribution is 0.415. The predicted octanol–water partition coefficient (Wildman–Crippen LogP) is 2.47.